The molecule has 0 saturated heterocycles. The molecule has 0 radical (unpaired) electrons. The largest absolute Gasteiger partial charge is 0.455 e. The Kier molecular flexibility index (Phi) is 6.17. The van der Waals surface area contributed by atoms with E-state index < -0.39 is 0 Å². The van der Waals surface area contributed by atoms with Crippen molar-refractivity contribution >= 4 is 60.5 Å². The third kappa shape index (κ3) is 4.27. The topological polar surface area (TPSA) is 16.4 Å². The third-order valence-electron chi connectivity index (χ3n) is 9.06. The summed E-state index contributed by atoms with van der Waals surface area (Å²) < 4.78 is 6.63. The third-order valence-corrected chi connectivity index (χ3v) is 9.06. The molecule has 0 saturated carbocycles. The Hall–Kier alpha value is -6.12. The van der Waals surface area contributed by atoms with Crippen molar-refractivity contribution in [1.29, 1.82) is 0 Å². The van der Waals surface area contributed by atoms with E-state index in [-0.39, 0.29) is 0 Å². The Morgan fingerprint density at radius 2 is 1.00 bits per heavy atom. The van der Waals surface area contributed by atoms with Crippen LogP contribution in [0.15, 0.2) is 180 Å². The molecule has 216 valence electrons. The lowest BCUT2D eigenvalue weighted by molar-refractivity contribution is 0.672. The van der Waals surface area contributed by atoms with E-state index in [1.807, 2.05) is 6.07 Å². The molecule has 8 aromatic carbocycles. The molecule has 2 heteroatoms. The number of anilines is 3. The van der Waals surface area contributed by atoms with Crippen molar-refractivity contribution in [3.8, 4) is 22.3 Å². The van der Waals surface area contributed by atoms with Crippen LogP contribution in [-0.2, 0) is 0 Å². The van der Waals surface area contributed by atoms with Crippen LogP contribution in [0, 0.1) is 0 Å². The number of hydrogen-bond acceptors (Lipinski definition) is 2. The molecule has 1 heterocycles. The molecular weight excluding hydrogens is 558 g/mol. The minimum atomic E-state index is 0.899. The first-order valence-electron chi connectivity index (χ1n) is 15.7. The van der Waals surface area contributed by atoms with E-state index in [9.17, 15) is 0 Å². The summed E-state index contributed by atoms with van der Waals surface area (Å²) in [5.41, 5.74) is 9.81. The predicted molar refractivity (Wildman–Crippen MR) is 194 cm³/mol. The molecule has 0 aliphatic carbocycles. The van der Waals surface area contributed by atoms with Gasteiger partial charge >= 0.3 is 0 Å². The lowest BCUT2D eigenvalue weighted by Gasteiger charge is -2.29. The second-order valence-electron chi connectivity index (χ2n) is 11.7. The molecule has 0 fully saturated rings. The normalized spacial score (nSPS) is 11.5. The Balaban J connectivity index is 1.31. The van der Waals surface area contributed by atoms with Crippen LogP contribution in [0.2, 0.25) is 0 Å². The summed E-state index contributed by atoms with van der Waals surface area (Å²) in [6.45, 7) is 0. The average molecular weight is 588 g/mol. The van der Waals surface area contributed by atoms with E-state index in [2.05, 4.69) is 175 Å². The molecule has 0 amide bonds. The van der Waals surface area contributed by atoms with Crippen LogP contribution in [0.5, 0.6) is 0 Å². The maximum atomic E-state index is 6.63. The van der Waals surface area contributed by atoms with E-state index in [4.69, 9.17) is 4.42 Å². The minimum Gasteiger partial charge on any atom is -0.455 e. The fourth-order valence-corrected chi connectivity index (χ4v) is 6.93. The van der Waals surface area contributed by atoms with Crippen LogP contribution in [0.25, 0.3) is 65.7 Å². The first-order valence-corrected chi connectivity index (χ1v) is 15.7. The Bertz CT molecular complexity index is 2520. The van der Waals surface area contributed by atoms with Crippen molar-refractivity contribution < 1.29 is 4.42 Å². The highest BCUT2D eigenvalue weighted by atomic mass is 16.3. The van der Waals surface area contributed by atoms with Gasteiger partial charge in [0, 0.05) is 27.4 Å². The zero-order valence-electron chi connectivity index (χ0n) is 25.1. The van der Waals surface area contributed by atoms with E-state index in [1.165, 1.54) is 27.5 Å². The van der Waals surface area contributed by atoms with Crippen molar-refractivity contribution in [1.82, 2.24) is 0 Å². The summed E-state index contributed by atoms with van der Waals surface area (Å²) >= 11 is 0. The highest BCUT2D eigenvalue weighted by molar-refractivity contribution is 6.19. The van der Waals surface area contributed by atoms with Crippen LogP contribution in [0.4, 0.5) is 17.1 Å². The summed E-state index contributed by atoms with van der Waals surface area (Å²) in [4.78, 5) is 2.39. The van der Waals surface area contributed by atoms with Gasteiger partial charge in [-0.3, -0.25) is 0 Å². The zero-order chi connectivity index (χ0) is 30.5. The second-order valence-corrected chi connectivity index (χ2v) is 11.7. The summed E-state index contributed by atoms with van der Waals surface area (Å²) in [5, 5.41) is 6.98. The zero-order valence-corrected chi connectivity index (χ0v) is 25.1. The highest BCUT2D eigenvalue weighted by Gasteiger charge is 2.22. The van der Waals surface area contributed by atoms with Crippen LogP contribution >= 0.6 is 0 Å². The SMILES string of the molecule is c1ccc(-c2ccccc2N(c2ccc(-c3cccc4ccccc34)cc2)c2cccc3ccc4c5ccccc5oc4c23)cc1. The molecule has 0 bridgehead atoms. The van der Waals surface area contributed by atoms with Gasteiger partial charge in [-0.15, -0.1) is 0 Å². The fourth-order valence-electron chi connectivity index (χ4n) is 6.93. The van der Waals surface area contributed by atoms with Gasteiger partial charge in [0.2, 0.25) is 0 Å². The van der Waals surface area contributed by atoms with E-state index in [0.29, 0.717) is 0 Å². The number of benzene rings is 8. The van der Waals surface area contributed by atoms with E-state index in [0.717, 1.165) is 55.3 Å². The van der Waals surface area contributed by atoms with Gasteiger partial charge in [-0.25, -0.2) is 0 Å². The van der Waals surface area contributed by atoms with Crippen LogP contribution in [0.3, 0.4) is 0 Å². The number of para-hydroxylation sites is 2. The van der Waals surface area contributed by atoms with Crippen molar-refractivity contribution in [2.45, 2.75) is 0 Å². The molecule has 0 aliphatic rings. The lowest BCUT2D eigenvalue weighted by Crippen LogP contribution is -2.11. The van der Waals surface area contributed by atoms with Gasteiger partial charge in [-0.2, -0.15) is 0 Å². The Labute approximate surface area is 267 Å². The number of hydrogen-bond donors (Lipinski definition) is 0. The Morgan fingerprint density at radius 3 is 1.89 bits per heavy atom. The van der Waals surface area contributed by atoms with E-state index >= 15 is 0 Å². The smallest absolute Gasteiger partial charge is 0.145 e. The van der Waals surface area contributed by atoms with Crippen molar-refractivity contribution in [3.63, 3.8) is 0 Å². The maximum Gasteiger partial charge on any atom is 0.145 e. The van der Waals surface area contributed by atoms with Gasteiger partial charge in [-0.1, -0.05) is 140 Å². The molecule has 0 aliphatic heterocycles. The van der Waals surface area contributed by atoms with Gasteiger partial charge in [0.25, 0.3) is 0 Å². The van der Waals surface area contributed by atoms with Crippen molar-refractivity contribution in [2.75, 3.05) is 4.90 Å². The lowest BCUT2D eigenvalue weighted by atomic mass is 9.97. The predicted octanol–water partition coefficient (Wildman–Crippen LogP) is 12.7. The summed E-state index contributed by atoms with van der Waals surface area (Å²) in [7, 11) is 0. The molecule has 9 rings (SSSR count). The first kappa shape index (κ1) is 26.3. The van der Waals surface area contributed by atoms with Crippen LogP contribution in [-0.4, -0.2) is 0 Å². The molecular formula is C44H29NO. The van der Waals surface area contributed by atoms with Crippen LogP contribution in [0.1, 0.15) is 0 Å². The number of furan rings is 1. The van der Waals surface area contributed by atoms with Gasteiger partial charge in [0.1, 0.15) is 11.2 Å². The maximum absolute atomic E-state index is 6.63. The van der Waals surface area contributed by atoms with E-state index in [1.54, 1.807) is 0 Å². The second kappa shape index (κ2) is 10.8. The number of rotatable bonds is 5. The molecule has 2 nitrogen and oxygen atoms in total. The average Bonchev–Trinajstić information content (AvgIpc) is 3.52. The monoisotopic (exact) mass is 587 g/mol. The summed E-state index contributed by atoms with van der Waals surface area (Å²) in [6.07, 6.45) is 0. The molecule has 0 unspecified atom stereocenters. The fraction of sp³-hybridized carbons (Fsp3) is 0. The summed E-state index contributed by atoms with van der Waals surface area (Å²) in [6, 6.07) is 62.7. The summed E-state index contributed by atoms with van der Waals surface area (Å²) in [5.74, 6) is 0. The molecule has 9 aromatic rings. The quantitative estimate of drug-likeness (QED) is 0.199. The minimum absolute atomic E-state index is 0.899. The van der Waals surface area contributed by atoms with Gasteiger partial charge in [0.05, 0.1) is 11.4 Å². The highest BCUT2D eigenvalue weighted by Crippen LogP contribution is 2.46. The molecule has 46 heavy (non-hydrogen) atoms. The van der Waals surface area contributed by atoms with Crippen LogP contribution < -0.4 is 4.90 Å². The van der Waals surface area contributed by atoms with Gasteiger partial charge in [0.15, 0.2) is 0 Å². The van der Waals surface area contributed by atoms with Gasteiger partial charge in [-0.05, 0) is 69.2 Å². The number of fused-ring (bicyclic) bond motifs is 6. The standard InChI is InChI=1S/C44H29NO/c1-2-12-31(13-3-1)37-18-6-8-21-40(37)45(34-27-24-32(25-28-34)36-20-10-15-30-14-4-5-17-35(30)36)41-22-11-16-33-26-29-39-38-19-7-9-23-42(38)46-44(39)43(33)41/h1-29H. The molecule has 0 atom stereocenters. The van der Waals surface area contributed by atoms with Crippen molar-refractivity contribution in [2.24, 2.45) is 0 Å². The molecule has 0 N–H and O–H groups in total. The van der Waals surface area contributed by atoms with Crippen molar-refractivity contribution in [3.05, 3.63) is 176 Å². The molecule has 0 spiro atoms. The first-order chi connectivity index (χ1) is 22.8. The van der Waals surface area contributed by atoms with Gasteiger partial charge < -0.3 is 9.32 Å². The number of nitrogens with zero attached hydrogens (tertiary/aromatic N) is 1. The molecule has 1 aromatic heterocycles. The Morgan fingerprint density at radius 1 is 0.370 bits per heavy atom.